The average molecular weight is 374 g/mol. The maximum atomic E-state index is 11.0. The Balaban J connectivity index is 1.99. The van der Waals surface area contributed by atoms with Crippen molar-refractivity contribution in [2.24, 2.45) is 0 Å². The van der Waals surface area contributed by atoms with Crippen LogP contribution in [0.2, 0.25) is 0 Å². The van der Waals surface area contributed by atoms with E-state index in [1.165, 1.54) is 5.69 Å². The summed E-state index contributed by atoms with van der Waals surface area (Å²) >= 11 is 2.27. The number of carbonyl (C=O) groups excluding carboxylic acids is 1. The number of nitrogens with one attached hydrogen (secondary N) is 1. The SMILES string of the molecule is COc1cc(N2CCC(NC(C)=O)CC2)ccc1I. The fourth-order valence-electron chi connectivity index (χ4n) is 2.41. The minimum atomic E-state index is 0.0642. The lowest BCUT2D eigenvalue weighted by molar-refractivity contribution is -0.119. The lowest BCUT2D eigenvalue weighted by atomic mass is 10.0. The Bertz CT molecular complexity index is 457. The third kappa shape index (κ3) is 3.75. The van der Waals surface area contributed by atoms with Gasteiger partial charge in [0.15, 0.2) is 0 Å². The molecule has 0 saturated carbocycles. The highest BCUT2D eigenvalue weighted by molar-refractivity contribution is 14.1. The lowest BCUT2D eigenvalue weighted by Crippen LogP contribution is -2.44. The number of carbonyl (C=O) groups is 1. The van der Waals surface area contributed by atoms with Crippen LogP contribution < -0.4 is 15.0 Å². The van der Waals surface area contributed by atoms with Gasteiger partial charge >= 0.3 is 0 Å². The fourth-order valence-corrected chi connectivity index (χ4v) is 2.97. The number of benzene rings is 1. The number of hydrogen-bond donors (Lipinski definition) is 1. The van der Waals surface area contributed by atoms with Crippen molar-refractivity contribution in [3.05, 3.63) is 21.8 Å². The first kappa shape index (κ1) is 14.4. The van der Waals surface area contributed by atoms with Crippen LogP contribution in [0.3, 0.4) is 0 Å². The van der Waals surface area contributed by atoms with Crippen molar-refractivity contribution in [3.63, 3.8) is 0 Å². The molecule has 1 aliphatic rings. The largest absolute Gasteiger partial charge is 0.496 e. The molecule has 1 fully saturated rings. The van der Waals surface area contributed by atoms with Gasteiger partial charge in [0.2, 0.25) is 5.91 Å². The number of halogens is 1. The van der Waals surface area contributed by atoms with Crippen LogP contribution >= 0.6 is 22.6 Å². The number of anilines is 1. The molecule has 104 valence electrons. The number of ether oxygens (including phenoxy) is 1. The van der Waals surface area contributed by atoms with E-state index in [0.29, 0.717) is 6.04 Å². The normalized spacial score (nSPS) is 16.3. The van der Waals surface area contributed by atoms with Gasteiger partial charge in [0.1, 0.15) is 5.75 Å². The highest BCUT2D eigenvalue weighted by atomic mass is 127. The molecule has 0 spiro atoms. The Morgan fingerprint density at radius 3 is 2.68 bits per heavy atom. The number of methoxy groups -OCH3 is 1. The molecule has 0 atom stereocenters. The van der Waals surface area contributed by atoms with Crippen molar-refractivity contribution in [1.29, 1.82) is 0 Å². The van der Waals surface area contributed by atoms with Crippen LogP contribution in [0.4, 0.5) is 5.69 Å². The predicted molar refractivity (Wildman–Crippen MR) is 84.8 cm³/mol. The van der Waals surface area contributed by atoms with Gasteiger partial charge in [-0.05, 0) is 47.6 Å². The smallest absolute Gasteiger partial charge is 0.217 e. The molecule has 0 aromatic heterocycles. The summed E-state index contributed by atoms with van der Waals surface area (Å²) in [4.78, 5) is 13.4. The first-order valence-electron chi connectivity index (χ1n) is 6.45. The Kier molecular flexibility index (Phi) is 4.90. The van der Waals surface area contributed by atoms with Crippen LogP contribution in [0.15, 0.2) is 18.2 Å². The van der Waals surface area contributed by atoms with Crippen molar-refractivity contribution in [2.45, 2.75) is 25.8 Å². The summed E-state index contributed by atoms with van der Waals surface area (Å²) in [5.74, 6) is 0.983. The molecule has 5 heteroatoms. The van der Waals surface area contributed by atoms with E-state index in [1.54, 1.807) is 14.0 Å². The molecule has 0 radical (unpaired) electrons. The number of rotatable bonds is 3. The number of hydrogen-bond acceptors (Lipinski definition) is 3. The number of amides is 1. The van der Waals surface area contributed by atoms with Gasteiger partial charge in [0.05, 0.1) is 10.7 Å². The zero-order chi connectivity index (χ0) is 13.8. The summed E-state index contributed by atoms with van der Waals surface area (Å²) in [5.41, 5.74) is 1.19. The second kappa shape index (κ2) is 6.45. The Labute approximate surface area is 127 Å². The molecule has 1 aliphatic heterocycles. The van der Waals surface area contributed by atoms with Crippen molar-refractivity contribution in [1.82, 2.24) is 5.32 Å². The van der Waals surface area contributed by atoms with E-state index in [4.69, 9.17) is 4.74 Å². The summed E-state index contributed by atoms with van der Waals surface area (Å²) in [6, 6.07) is 6.61. The van der Waals surface area contributed by atoms with Gasteiger partial charge in [-0.2, -0.15) is 0 Å². The maximum absolute atomic E-state index is 11.0. The average Bonchev–Trinajstić information content (AvgIpc) is 2.40. The molecule has 1 N–H and O–H groups in total. The molecule has 0 aliphatic carbocycles. The quantitative estimate of drug-likeness (QED) is 0.827. The third-order valence-electron chi connectivity index (χ3n) is 3.40. The number of nitrogens with zero attached hydrogens (tertiary/aromatic N) is 1. The molecule has 19 heavy (non-hydrogen) atoms. The first-order valence-corrected chi connectivity index (χ1v) is 7.53. The fraction of sp³-hybridized carbons (Fsp3) is 0.500. The van der Waals surface area contributed by atoms with Crippen molar-refractivity contribution >= 4 is 34.2 Å². The highest BCUT2D eigenvalue weighted by Crippen LogP contribution is 2.28. The minimum Gasteiger partial charge on any atom is -0.496 e. The molecule has 4 nitrogen and oxygen atoms in total. The molecular weight excluding hydrogens is 355 g/mol. The van der Waals surface area contributed by atoms with E-state index < -0.39 is 0 Å². The minimum absolute atomic E-state index is 0.0642. The van der Waals surface area contributed by atoms with Gasteiger partial charge in [-0.3, -0.25) is 4.79 Å². The molecule has 1 aromatic rings. The molecule has 2 rings (SSSR count). The summed E-state index contributed by atoms with van der Waals surface area (Å²) < 4.78 is 6.48. The molecule has 1 heterocycles. The summed E-state index contributed by atoms with van der Waals surface area (Å²) in [7, 11) is 1.70. The molecule has 1 saturated heterocycles. The first-order chi connectivity index (χ1) is 9.10. The van der Waals surface area contributed by atoms with E-state index in [0.717, 1.165) is 35.3 Å². The zero-order valence-corrected chi connectivity index (χ0v) is 13.4. The molecular formula is C14H19IN2O2. The summed E-state index contributed by atoms with van der Waals surface area (Å²) in [6.07, 6.45) is 1.99. The third-order valence-corrected chi connectivity index (χ3v) is 4.29. The van der Waals surface area contributed by atoms with Crippen LogP contribution in [0.25, 0.3) is 0 Å². The molecule has 1 amide bonds. The van der Waals surface area contributed by atoms with E-state index in [1.807, 2.05) is 0 Å². The van der Waals surface area contributed by atoms with Gasteiger partial charge in [-0.15, -0.1) is 0 Å². The van der Waals surface area contributed by atoms with Crippen LogP contribution in [-0.2, 0) is 4.79 Å². The van der Waals surface area contributed by atoms with Crippen LogP contribution in [0, 0.1) is 3.57 Å². The predicted octanol–water partition coefficient (Wildman–Crippen LogP) is 2.40. The molecule has 0 unspecified atom stereocenters. The van der Waals surface area contributed by atoms with E-state index in [2.05, 4.69) is 51.0 Å². The Morgan fingerprint density at radius 1 is 1.42 bits per heavy atom. The van der Waals surface area contributed by atoms with Gasteiger partial charge in [-0.1, -0.05) is 0 Å². The van der Waals surface area contributed by atoms with Crippen LogP contribution in [0.5, 0.6) is 5.75 Å². The van der Waals surface area contributed by atoms with Gasteiger partial charge in [0.25, 0.3) is 0 Å². The monoisotopic (exact) mass is 374 g/mol. The Morgan fingerprint density at radius 2 is 2.11 bits per heavy atom. The van der Waals surface area contributed by atoms with Gasteiger partial charge in [0, 0.05) is 37.8 Å². The van der Waals surface area contributed by atoms with E-state index in [-0.39, 0.29) is 5.91 Å². The second-order valence-corrected chi connectivity index (χ2v) is 5.94. The van der Waals surface area contributed by atoms with Crippen molar-refractivity contribution < 1.29 is 9.53 Å². The standard InChI is InChI=1S/C14H19IN2O2/c1-10(18)16-11-5-7-17(8-6-11)12-3-4-13(15)14(9-12)19-2/h3-4,9,11H,5-8H2,1-2H3,(H,16,18). The molecule has 0 bridgehead atoms. The molecule has 1 aromatic carbocycles. The Hall–Kier alpha value is -0.980. The summed E-state index contributed by atoms with van der Waals surface area (Å²) in [5, 5.41) is 2.99. The second-order valence-electron chi connectivity index (χ2n) is 4.78. The van der Waals surface area contributed by atoms with Gasteiger partial charge < -0.3 is 15.0 Å². The van der Waals surface area contributed by atoms with Crippen LogP contribution in [-0.4, -0.2) is 32.1 Å². The van der Waals surface area contributed by atoms with Gasteiger partial charge in [-0.25, -0.2) is 0 Å². The number of piperidine rings is 1. The topological polar surface area (TPSA) is 41.6 Å². The van der Waals surface area contributed by atoms with E-state index >= 15 is 0 Å². The van der Waals surface area contributed by atoms with Crippen molar-refractivity contribution in [3.8, 4) is 5.75 Å². The highest BCUT2D eigenvalue weighted by Gasteiger charge is 2.20. The van der Waals surface area contributed by atoms with Crippen molar-refractivity contribution in [2.75, 3.05) is 25.1 Å². The maximum Gasteiger partial charge on any atom is 0.217 e. The summed E-state index contributed by atoms with van der Waals surface area (Å²) in [6.45, 7) is 3.51. The zero-order valence-electron chi connectivity index (χ0n) is 11.3. The van der Waals surface area contributed by atoms with Crippen LogP contribution in [0.1, 0.15) is 19.8 Å². The van der Waals surface area contributed by atoms with E-state index in [9.17, 15) is 4.79 Å². The lowest BCUT2D eigenvalue weighted by Gasteiger charge is -2.34.